The van der Waals surface area contributed by atoms with Gasteiger partial charge in [0.25, 0.3) is 5.91 Å². The first-order valence-electron chi connectivity index (χ1n) is 5.82. The molecule has 0 aromatic heterocycles. The van der Waals surface area contributed by atoms with E-state index in [0.29, 0.717) is 11.3 Å². The molecule has 1 N–H and O–H groups in total. The van der Waals surface area contributed by atoms with Crippen LogP contribution in [0.2, 0.25) is 0 Å². The van der Waals surface area contributed by atoms with Crippen LogP contribution in [0.3, 0.4) is 0 Å². The Balaban J connectivity index is 2.28. The number of halogens is 1. The number of anilines is 1. The highest BCUT2D eigenvalue weighted by Gasteiger charge is 2.11. The van der Waals surface area contributed by atoms with Crippen LogP contribution in [0.4, 0.5) is 10.1 Å². The number of amides is 1. The highest BCUT2D eigenvalue weighted by atomic mass is 32.2. The monoisotopic (exact) mass is 275 g/mol. The molecule has 0 radical (unpaired) electrons. The first-order valence-corrected chi connectivity index (χ1v) is 7.05. The van der Waals surface area contributed by atoms with Gasteiger partial charge < -0.3 is 5.32 Å². The van der Waals surface area contributed by atoms with Gasteiger partial charge in [0.1, 0.15) is 5.82 Å². The number of carbonyl (C=O) groups is 1. The molecule has 4 heteroatoms. The van der Waals surface area contributed by atoms with E-state index in [0.717, 1.165) is 10.5 Å². The Morgan fingerprint density at radius 2 is 1.95 bits per heavy atom. The molecular formula is C15H14FNOS. The van der Waals surface area contributed by atoms with Gasteiger partial charge in [-0.3, -0.25) is 4.79 Å². The van der Waals surface area contributed by atoms with E-state index in [9.17, 15) is 9.18 Å². The maximum absolute atomic E-state index is 13.2. The fourth-order valence-electron chi connectivity index (χ4n) is 1.75. The van der Waals surface area contributed by atoms with Crippen LogP contribution in [0.25, 0.3) is 0 Å². The van der Waals surface area contributed by atoms with E-state index < -0.39 is 0 Å². The molecule has 1 amide bonds. The Bertz CT molecular complexity index is 613. The molecule has 0 saturated carbocycles. The number of hydrogen-bond acceptors (Lipinski definition) is 2. The van der Waals surface area contributed by atoms with Gasteiger partial charge in [-0.2, -0.15) is 0 Å². The number of hydrogen-bond donors (Lipinski definition) is 1. The van der Waals surface area contributed by atoms with Gasteiger partial charge >= 0.3 is 0 Å². The summed E-state index contributed by atoms with van der Waals surface area (Å²) in [5.41, 5.74) is 1.93. The molecule has 2 aromatic rings. The quantitative estimate of drug-likeness (QED) is 0.854. The van der Waals surface area contributed by atoms with E-state index in [2.05, 4.69) is 5.32 Å². The lowest BCUT2D eigenvalue weighted by atomic mass is 10.1. The molecule has 0 aliphatic carbocycles. The Labute approximate surface area is 116 Å². The standard InChI is InChI=1S/C15H14FNOS/c1-10-7-8-11(16)9-13(10)17-15(18)12-5-3-4-6-14(12)19-2/h3-9H,1-2H3,(H,17,18). The summed E-state index contributed by atoms with van der Waals surface area (Å²) in [6, 6.07) is 11.7. The van der Waals surface area contributed by atoms with Gasteiger partial charge in [0.05, 0.1) is 5.56 Å². The molecule has 0 aliphatic heterocycles. The first kappa shape index (κ1) is 13.6. The molecule has 0 spiro atoms. The van der Waals surface area contributed by atoms with Crippen LogP contribution in [0.5, 0.6) is 0 Å². The van der Waals surface area contributed by atoms with Gasteiger partial charge in [0.2, 0.25) is 0 Å². The summed E-state index contributed by atoms with van der Waals surface area (Å²) in [4.78, 5) is 13.1. The third-order valence-corrected chi connectivity index (χ3v) is 3.60. The molecule has 2 rings (SSSR count). The van der Waals surface area contributed by atoms with Crippen molar-refractivity contribution in [2.75, 3.05) is 11.6 Å². The molecule has 2 aromatic carbocycles. The number of rotatable bonds is 3. The second-order valence-electron chi connectivity index (χ2n) is 4.11. The predicted molar refractivity (Wildman–Crippen MR) is 77.3 cm³/mol. The topological polar surface area (TPSA) is 29.1 Å². The zero-order valence-electron chi connectivity index (χ0n) is 10.7. The van der Waals surface area contributed by atoms with Crippen molar-refractivity contribution in [3.05, 3.63) is 59.4 Å². The molecular weight excluding hydrogens is 261 g/mol. The van der Waals surface area contributed by atoms with Crippen LogP contribution in [-0.2, 0) is 0 Å². The van der Waals surface area contributed by atoms with Gasteiger partial charge in [0.15, 0.2) is 0 Å². The summed E-state index contributed by atoms with van der Waals surface area (Å²) in [6.45, 7) is 1.83. The Morgan fingerprint density at radius 1 is 1.21 bits per heavy atom. The smallest absolute Gasteiger partial charge is 0.256 e. The van der Waals surface area contributed by atoms with E-state index in [1.165, 1.54) is 23.9 Å². The average Bonchev–Trinajstić information content (AvgIpc) is 2.42. The number of benzene rings is 2. The zero-order valence-corrected chi connectivity index (χ0v) is 11.6. The maximum atomic E-state index is 13.2. The molecule has 0 heterocycles. The lowest BCUT2D eigenvalue weighted by Crippen LogP contribution is -2.13. The number of carbonyl (C=O) groups excluding carboxylic acids is 1. The Morgan fingerprint density at radius 3 is 2.68 bits per heavy atom. The van der Waals surface area contributed by atoms with Crippen LogP contribution in [0.15, 0.2) is 47.4 Å². The molecule has 98 valence electrons. The number of aryl methyl sites for hydroxylation is 1. The van der Waals surface area contributed by atoms with Gasteiger partial charge in [-0.25, -0.2) is 4.39 Å². The van der Waals surface area contributed by atoms with Crippen LogP contribution in [0.1, 0.15) is 15.9 Å². The fourth-order valence-corrected chi connectivity index (χ4v) is 2.35. The van der Waals surface area contributed by atoms with Crippen molar-refractivity contribution in [3.8, 4) is 0 Å². The van der Waals surface area contributed by atoms with Gasteiger partial charge in [-0.1, -0.05) is 18.2 Å². The second kappa shape index (κ2) is 5.89. The molecule has 0 bridgehead atoms. The number of thioether (sulfide) groups is 1. The van der Waals surface area contributed by atoms with Crippen molar-refractivity contribution < 1.29 is 9.18 Å². The van der Waals surface area contributed by atoms with Crippen LogP contribution < -0.4 is 5.32 Å². The fraction of sp³-hybridized carbons (Fsp3) is 0.133. The second-order valence-corrected chi connectivity index (χ2v) is 4.96. The van der Waals surface area contributed by atoms with E-state index in [4.69, 9.17) is 0 Å². The van der Waals surface area contributed by atoms with Gasteiger partial charge in [0, 0.05) is 10.6 Å². The lowest BCUT2D eigenvalue weighted by Gasteiger charge is -2.10. The van der Waals surface area contributed by atoms with Gasteiger partial charge in [-0.15, -0.1) is 11.8 Å². The first-order chi connectivity index (χ1) is 9.11. The van der Waals surface area contributed by atoms with Gasteiger partial charge in [-0.05, 0) is 43.0 Å². The van der Waals surface area contributed by atoms with Crippen LogP contribution >= 0.6 is 11.8 Å². The summed E-state index contributed by atoms with van der Waals surface area (Å²) in [5.74, 6) is -0.585. The summed E-state index contributed by atoms with van der Waals surface area (Å²) >= 11 is 1.51. The lowest BCUT2D eigenvalue weighted by molar-refractivity contribution is 0.102. The van der Waals surface area contributed by atoms with E-state index in [1.54, 1.807) is 12.1 Å². The predicted octanol–water partition coefficient (Wildman–Crippen LogP) is 4.11. The molecule has 0 saturated heterocycles. The minimum atomic E-state index is -0.362. The highest BCUT2D eigenvalue weighted by Crippen LogP contribution is 2.22. The molecule has 0 unspecified atom stereocenters. The van der Waals surface area contributed by atoms with Crippen molar-refractivity contribution in [2.24, 2.45) is 0 Å². The zero-order chi connectivity index (χ0) is 13.8. The Hall–Kier alpha value is -1.81. The molecule has 0 atom stereocenters. The van der Waals surface area contributed by atoms with Crippen LogP contribution in [-0.4, -0.2) is 12.2 Å². The molecule has 19 heavy (non-hydrogen) atoms. The summed E-state index contributed by atoms with van der Waals surface area (Å²) in [7, 11) is 0. The third-order valence-electron chi connectivity index (χ3n) is 2.80. The average molecular weight is 275 g/mol. The molecule has 0 fully saturated rings. The largest absolute Gasteiger partial charge is 0.322 e. The van der Waals surface area contributed by atoms with Crippen molar-refractivity contribution in [3.63, 3.8) is 0 Å². The maximum Gasteiger partial charge on any atom is 0.256 e. The minimum absolute atomic E-state index is 0.223. The highest BCUT2D eigenvalue weighted by molar-refractivity contribution is 7.98. The van der Waals surface area contributed by atoms with E-state index in [1.807, 2.05) is 31.4 Å². The number of nitrogens with one attached hydrogen (secondary N) is 1. The van der Waals surface area contributed by atoms with Crippen molar-refractivity contribution >= 4 is 23.4 Å². The van der Waals surface area contributed by atoms with E-state index in [-0.39, 0.29) is 11.7 Å². The van der Waals surface area contributed by atoms with Crippen LogP contribution in [0, 0.1) is 12.7 Å². The summed E-state index contributed by atoms with van der Waals surface area (Å²) < 4.78 is 13.2. The van der Waals surface area contributed by atoms with Crippen molar-refractivity contribution in [2.45, 2.75) is 11.8 Å². The Kier molecular flexibility index (Phi) is 4.22. The molecule has 2 nitrogen and oxygen atoms in total. The van der Waals surface area contributed by atoms with Crippen molar-refractivity contribution in [1.29, 1.82) is 0 Å². The van der Waals surface area contributed by atoms with E-state index >= 15 is 0 Å². The SMILES string of the molecule is CSc1ccccc1C(=O)Nc1cc(F)ccc1C. The molecule has 0 aliphatic rings. The third kappa shape index (κ3) is 3.15. The summed E-state index contributed by atoms with van der Waals surface area (Å²) in [6.07, 6.45) is 1.92. The van der Waals surface area contributed by atoms with Crippen molar-refractivity contribution in [1.82, 2.24) is 0 Å². The normalized spacial score (nSPS) is 10.3. The summed E-state index contributed by atoms with van der Waals surface area (Å²) in [5, 5.41) is 2.75. The minimum Gasteiger partial charge on any atom is -0.322 e.